The fourth-order valence-corrected chi connectivity index (χ4v) is 3.03. The standard InChI is InChI=1S/C15H17N3O3/c1-8-16-11-6-12-10(5-9(11)13(19)17-8)15(2,7-21-4)14(20)18(12)3/h5-6H,7H2,1-4H3,(H,16,17,19). The Morgan fingerprint density at radius 1 is 1.38 bits per heavy atom. The number of carbonyl (C=O) groups is 1. The lowest BCUT2D eigenvalue weighted by molar-refractivity contribution is -0.124. The van der Waals surface area contributed by atoms with Crippen LogP contribution >= 0.6 is 0 Å². The number of hydrogen-bond acceptors (Lipinski definition) is 4. The summed E-state index contributed by atoms with van der Waals surface area (Å²) >= 11 is 0. The van der Waals surface area contributed by atoms with Crippen molar-refractivity contribution < 1.29 is 9.53 Å². The molecule has 0 radical (unpaired) electrons. The average Bonchev–Trinajstić information content (AvgIpc) is 2.60. The van der Waals surface area contributed by atoms with Crippen molar-refractivity contribution in [2.24, 2.45) is 0 Å². The monoisotopic (exact) mass is 287 g/mol. The van der Waals surface area contributed by atoms with Gasteiger partial charge in [0, 0.05) is 19.8 Å². The van der Waals surface area contributed by atoms with E-state index in [9.17, 15) is 9.59 Å². The molecule has 1 N–H and O–H groups in total. The number of ether oxygens (including phenoxy) is 1. The molecule has 0 spiro atoms. The van der Waals surface area contributed by atoms with Crippen molar-refractivity contribution in [1.82, 2.24) is 9.97 Å². The number of rotatable bonds is 2. The van der Waals surface area contributed by atoms with Crippen LogP contribution < -0.4 is 10.5 Å². The molecule has 6 nitrogen and oxygen atoms in total. The van der Waals surface area contributed by atoms with Crippen LogP contribution in [0.1, 0.15) is 18.3 Å². The van der Waals surface area contributed by atoms with Gasteiger partial charge in [0.25, 0.3) is 5.56 Å². The van der Waals surface area contributed by atoms with Crippen molar-refractivity contribution in [2.75, 3.05) is 25.7 Å². The van der Waals surface area contributed by atoms with E-state index in [1.165, 1.54) is 0 Å². The molecule has 21 heavy (non-hydrogen) atoms. The smallest absolute Gasteiger partial charge is 0.258 e. The van der Waals surface area contributed by atoms with Crippen LogP contribution in [-0.2, 0) is 14.9 Å². The van der Waals surface area contributed by atoms with E-state index in [2.05, 4.69) is 9.97 Å². The molecule has 1 unspecified atom stereocenters. The summed E-state index contributed by atoms with van der Waals surface area (Å²) in [7, 11) is 3.29. The average molecular weight is 287 g/mol. The molecule has 2 heterocycles. The molecule has 1 amide bonds. The maximum atomic E-state index is 12.5. The number of methoxy groups -OCH3 is 1. The molecule has 2 aromatic rings. The summed E-state index contributed by atoms with van der Waals surface area (Å²) in [5, 5.41) is 0.491. The minimum atomic E-state index is -0.773. The number of fused-ring (bicyclic) bond motifs is 2. The molecular formula is C15H17N3O3. The van der Waals surface area contributed by atoms with Crippen molar-refractivity contribution in [3.63, 3.8) is 0 Å². The molecule has 6 heteroatoms. The minimum Gasteiger partial charge on any atom is -0.383 e. The fraction of sp³-hybridized carbons (Fsp3) is 0.400. The Morgan fingerprint density at radius 3 is 2.76 bits per heavy atom. The van der Waals surface area contributed by atoms with E-state index < -0.39 is 5.41 Å². The van der Waals surface area contributed by atoms with Gasteiger partial charge in [0.1, 0.15) is 5.82 Å². The number of aromatic nitrogens is 2. The van der Waals surface area contributed by atoms with Gasteiger partial charge < -0.3 is 14.6 Å². The summed E-state index contributed by atoms with van der Waals surface area (Å²) in [5.74, 6) is 0.516. The Bertz CT molecular complexity index is 812. The Morgan fingerprint density at radius 2 is 2.10 bits per heavy atom. The molecule has 1 aliphatic rings. The predicted molar refractivity (Wildman–Crippen MR) is 79.7 cm³/mol. The fourth-order valence-electron chi connectivity index (χ4n) is 3.03. The third kappa shape index (κ3) is 1.79. The van der Waals surface area contributed by atoms with E-state index >= 15 is 0 Å². The van der Waals surface area contributed by atoms with Gasteiger partial charge in [-0.15, -0.1) is 0 Å². The van der Waals surface area contributed by atoms with Gasteiger partial charge in [-0.25, -0.2) is 4.98 Å². The van der Waals surface area contributed by atoms with Crippen LogP contribution in [0.25, 0.3) is 10.9 Å². The maximum absolute atomic E-state index is 12.5. The van der Waals surface area contributed by atoms with E-state index in [1.54, 1.807) is 38.1 Å². The minimum absolute atomic E-state index is 0.0391. The van der Waals surface area contributed by atoms with E-state index in [0.29, 0.717) is 16.7 Å². The van der Waals surface area contributed by atoms with Crippen LogP contribution in [0.4, 0.5) is 5.69 Å². The quantitative estimate of drug-likeness (QED) is 0.898. The highest BCUT2D eigenvalue weighted by Crippen LogP contribution is 2.42. The van der Waals surface area contributed by atoms with E-state index in [0.717, 1.165) is 11.3 Å². The second-order valence-electron chi connectivity index (χ2n) is 5.67. The van der Waals surface area contributed by atoms with Gasteiger partial charge in [0.05, 0.1) is 22.9 Å². The van der Waals surface area contributed by atoms with Gasteiger partial charge in [-0.2, -0.15) is 0 Å². The van der Waals surface area contributed by atoms with Crippen molar-refractivity contribution >= 4 is 22.5 Å². The van der Waals surface area contributed by atoms with Gasteiger partial charge in [0.15, 0.2) is 0 Å². The van der Waals surface area contributed by atoms with Crippen LogP contribution in [0.5, 0.6) is 0 Å². The summed E-state index contributed by atoms with van der Waals surface area (Å²) in [6.07, 6.45) is 0. The molecule has 1 aliphatic heterocycles. The highest BCUT2D eigenvalue weighted by atomic mass is 16.5. The summed E-state index contributed by atoms with van der Waals surface area (Å²) in [6, 6.07) is 3.56. The zero-order valence-corrected chi connectivity index (χ0v) is 12.5. The molecule has 0 saturated carbocycles. The lowest BCUT2D eigenvalue weighted by Crippen LogP contribution is -2.39. The van der Waals surface area contributed by atoms with Gasteiger partial charge in [-0.1, -0.05) is 0 Å². The third-order valence-electron chi connectivity index (χ3n) is 4.11. The molecule has 1 aromatic heterocycles. The summed E-state index contributed by atoms with van der Waals surface area (Å²) in [4.78, 5) is 33.3. The number of nitrogens with zero attached hydrogens (tertiary/aromatic N) is 2. The first kappa shape index (κ1) is 13.8. The maximum Gasteiger partial charge on any atom is 0.258 e. The molecule has 0 aliphatic carbocycles. The van der Waals surface area contributed by atoms with Crippen molar-refractivity contribution in [3.05, 3.63) is 33.9 Å². The SMILES string of the molecule is COCC1(C)C(=O)N(C)c2cc3nc(C)[nH]c(=O)c3cc21. The second kappa shape index (κ2) is 4.39. The first-order chi connectivity index (χ1) is 9.88. The van der Waals surface area contributed by atoms with Gasteiger partial charge >= 0.3 is 0 Å². The Balaban J connectivity index is 2.35. The van der Waals surface area contributed by atoms with Crippen molar-refractivity contribution in [1.29, 1.82) is 0 Å². The first-order valence-electron chi connectivity index (χ1n) is 6.71. The summed E-state index contributed by atoms with van der Waals surface area (Å²) in [6.45, 7) is 3.84. The van der Waals surface area contributed by atoms with E-state index in [4.69, 9.17) is 4.74 Å². The molecule has 1 aromatic carbocycles. The summed E-state index contributed by atoms with van der Waals surface area (Å²) < 4.78 is 5.22. The van der Waals surface area contributed by atoms with Crippen LogP contribution in [0.2, 0.25) is 0 Å². The van der Waals surface area contributed by atoms with Crippen LogP contribution in [0.3, 0.4) is 0 Å². The Hall–Kier alpha value is -2.21. The molecular weight excluding hydrogens is 270 g/mol. The third-order valence-corrected chi connectivity index (χ3v) is 4.11. The molecule has 110 valence electrons. The number of nitrogens with one attached hydrogen (secondary N) is 1. The largest absolute Gasteiger partial charge is 0.383 e. The lowest BCUT2D eigenvalue weighted by atomic mass is 9.84. The summed E-state index contributed by atoms with van der Waals surface area (Å²) in [5.41, 5.74) is 1.22. The first-order valence-corrected chi connectivity index (χ1v) is 6.71. The second-order valence-corrected chi connectivity index (χ2v) is 5.67. The van der Waals surface area contributed by atoms with Crippen LogP contribution in [-0.4, -0.2) is 36.6 Å². The van der Waals surface area contributed by atoms with Crippen molar-refractivity contribution in [3.8, 4) is 0 Å². The highest BCUT2D eigenvalue weighted by molar-refractivity contribution is 6.09. The number of hydrogen-bond donors (Lipinski definition) is 1. The topological polar surface area (TPSA) is 75.3 Å². The molecule has 1 atom stereocenters. The molecule has 0 fully saturated rings. The lowest BCUT2D eigenvalue weighted by Gasteiger charge is -2.21. The Kier molecular flexibility index (Phi) is 2.88. The predicted octanol–water partition coefficient (Wildman–Crippen LogP) is 1.11. The number of aromatic amines is 1. The number of carbonyl (C=O) groups excluding carboxylic acids is 1. The number of benzene rings is 1. The van der Waals surface area contributed by atoms with Crippen LogP contribution in [0, 0.1) is 6.92 Å². The van der Waals surface area contributed by atoms with Crippen molar-refractivity contribution in [2.45, 2.75) is 19.3 Å². The van der Waals surface area contributed by atoms with Gasteiger partial charge in [0.2, 0.25) is 5.91 Å². The highest BCUT2D eigenvalue weighted by Gasteiger charge is 2.46. The Labute approximate surface area is 121 Å². The molecule has 0 bridgehead atoms. The number of aryl methyl sites for hydroxylation is 1. The number of amides is 1. The molecule has 3 rings (SSSR count). The van der Waals surface area contributed by atoms with Gasteiger partial charge in [-0.3, -0.25) is 9.59 Å². The number of H-pyrrole nitrogens is 1. The number of likely N-dealkylation sites (N-methyl/N-ethyl adjacent to an activating group) is 1. The zero-order valence-electron chi connectivity index (χ0n) is 12.5. The molecule has 0 saturated heterocycles. The zero-order chi connectivity index (χ0) is 15.4. The van der Waals surface area contributed by atoms with E-state index in [1.807, 2.05) is 6.92 Å². The number of anilines is 1. The van der Waals surface area contributed by atoms with Gasteiger partial charge in [-0.05, 0) is 31.5 Å². The van der Waals surface area contributed by atoms with E-state index in [-0.39, 0.29) is 18.1 Å². The van der Waals surface area contributed by atoms with Crippen LogP contribution in [0.15, 0.2) is 16.9 Å². The normalized spacial score (nSPS) is 21.1.